The molecule has 1 amide bonds. The molecule has 0 spiro atoms. The number of nitriles is 1. The standard InChI is InChI=1S/C47H57N3O7/c1-52-42-19-17-40(31-45(42)57-41-14-8-9-15-41)47(35-48)22-20-39(21-23-47)46(51)50-25-27-54-29-28-53-26-24-49-32-38-16-18-43(55-33-36-10-4-2-5-11-36)44(30-38)56-34-37-12-6-3-7-13-37/h2-7,10-13,16-19,30-31,39,41,49H,8-9,14-15,20-29,32-34H2,1H3,(H,50,51)/t39-,47-. The van der Waals surface area contributed by atoms with Crippen molar-refractivity contribution in [1.29, 1.82) is 5.26 Å². The van der Waals surface area contributed by atoms with E-state index in [2.05, 4.69) is 22.8 Å². The van der Waals surface area contributed by atoms with Gasteiger partial charge in [0, 0.05) is 25.6 Å². The normalized spacial score (nSPS) is 18.1. The Bertz CT molecular complexity index is 1850. The van der Waals surface area contributed by atoms with Crippen LogP contribution in [0.15, 0.2) is 97.1 Å². The van der Waals surface area contributed by atoms with Crippen molar-refractivity contribution in [2.45, 2.75) is 82.6 Å². The van der Waals surface area contributed by atoms with Crippen LogP contribution in [-0.2, 0) is 39.4 Å². The van der Waals surface area contributed by atoms with Crippen LogP contribution >= 0.6 is 0 Å². The van der Waals surface area contributed by atoms with Gasteiger partial charge in [-0.2, -0.15) is 5.26 Å². The second kappa shape index (κ2) is 22.0. The Hall–Kier alpha value is -5.08. The van der Waals surface area contributed by atoms with Crippen molar-refractivity contribution in [3.8, 4) is 29.1 Å². The Morgan fingerprint density at radius 3 is 1.98 bits per heavy atom. The smallest absolute Gasteiger partial charge is 0.223 e. The molecule has 10 heteroatoms. The van der Waals surface area contributed by atoms with Crippen LogP contribution in [0.1, 0.15) is 73.6 Å². The summed E-state index contributed by atoms with van der Waals surface area (Å²) in [6, 6.07) is 34.7. The number of carbonyl (C=O) groups is 1. The van der Waals surface area contributed by atoms with Crippen LogP contribution in [0.4, 0.5) is 0 Å². The zero-order valence-corrected chi connectivity index (χ0v) is 33.2. The van der Waals surface area contributed by atoms with Gasteiger partial charge in [0.15, 0.2) is 23.0 Å². The van der Waals surface area contributed by atoms with Crippen LogP contribution in [0.3, 0.4) is 0 Å². The number of nitrogens with zero attached hydrogens (tertiary/aromatic N) is 1. The summed E-state index contributed by atoms with van der Waals surface area (Å²) in [6.07, 6.45) is 7.20. The lowest BCUT2D eigenvalue weighted by molar-refractivity contribution is -0.126. The Morgan fingerprint density at radius 1 is 0.702 bits per heavy atom. The zero-order valence-electron chi connectivity index (χ0n) is 33.2. The van der Waals surface area contributed by atoms with Gasteiger partial charge in [-0.25, -0.2) is 0 Å². The molecule has 2 aliphatic rings. The van der Waals surface area contributed by atoms with E-state index in [4.69, 9.17) is 28.4 Å². The number of hydrogen-bond donors (Lipinski definition) is 2. The topological polar surface area (TPSA) is 120 Å². The molecule has 4 aromatic rings. The number of nitrogens with one attached hydrogen (secondary N) is 2. The highest BCUT2D eigenvalue weighted by molar-refractivity contribution is 5.78. The van der Waals surface area contributed by atoms with Gasteiger partial charge in [-0.3, -0.25) is 4.79 Å². The maximum atomic E-state index is 13.0. The zero-order chi connectivity index (χ0) is 39.5. The molecule has 2 saturated carbocycles. The number of amides is 1. The molecule has 10 nitrogen and oxygen atoms in total. The van der Waals surface area contributed by atoms with Gasteiger partial charge in [-0.05, 0) is 97.9 Å². The molecule has 6 rings (SSSR count). The third-order valence-corrected chi connectivity index (χ3v) is 10.9. The van der Waals surface area contributed by atoms with Crippen molar-refractivity contribution in [2.24, 2.45) is 5.92 Å². The van der Waals surface area contributed by atoms with E-state index in [9.17, 15) is 10.1 Å². The number of benzene rings is 4. The Kier molecular flexibility index (Phi) is 16.0. The number of ether oxygens (including phenoxy) is 6. The lowest BCUT2D eigenvalue weighted by Crippen LogP contribution is -2.39. The molecule has 0 atom stereocenters. The molecule has 0 saturated heterocycles. The average molecular weight is 776 g/mol. The molecule has 0 heterocycles. The summed E-state index contributed by atoms with van der Waals surface area (Å²) in [5.74, 6) is 2.73. The molecular formula is C47H57N3O7. The first kappa shape index (κ1) is 41.6. The molecule has 2 N–H and O–H groups in total. The summed E-state index contributed by atoms with van der Waals surface area (Å²) in [4.78, 5) is 13.0. The molecule has 302 valence electrons. The molecule has 4 aromatic carbocycles. The number of methoxy groups -OCH3 is 1. The molecule has 0 radical (unpaired) electrons. The van der Waals surface area contributed by atoms with E-state index >= 15 is 0 Å². The van der Waals surface area contributed by atoms with Crippen molar-refractivity contribution in [2.75, 3.05) is 46.6 Å². The Labute approximate surface area is 337 Å². The van der Waals surface area contributed by atoms with Crippen molar-refractivity contribution in [1.82, 2.24) is 10.6 Å². The molecule has 0 bridgehead atoms. The molecule has 0 unspecified atom stereocenters. The second-order valence-corrected chi connectivity index (χ2v) is 14.9. The molecule has 2 fully saturated rings. The monoisotopic (exact) mass is 775 g/mol. The fourth-order valence-corrected chi connectivity index (χ4v) is 7.54. The summed E-state index contributed by atoms with van der Waals surface area (Å²) in [5, 5.41) is 16.8. The first-order chi connectivity index (χ1) is 28.0. The molecular weight excluding hydrogens is 719 g/mol. The second-order valence-electron chi connectivity index (χ2n) is 14.9. The largest absolute Gasteiger partial charge is 0.493 e. The maximum absolute atomic E-state index is 13.0. The first-order valence-electron chi connectivity index (χ1n) is 20.4. The van der Waals surface area contributed by atoms with Gasteiger partial charge in [0.1, 0.15) is 13.2 Å². The summed E-state index contributed by atoms with van der Waals surface area (Å²) in [7, 11) is 1.64. The number of rotatable bonds is 22. The quantitative estimate of drug-likeness (QED) is 0.0764. The highest BCUT2D eigenvalue weighted by Crippen LogP contribution is 2.44. The predicted octanol–water partition coefficient (Wildman–Crippen LogP) is 8.07. The minimum absolute atomic E-state index is 0.0247. The number of hydrogen-bond acceptors (Lipinski definition) is 9. The van der Waals surface area contributed by atoms with Gasteiger partial charge < -0.3 is 39.1 Å². The summed E-state index contributed by atoms with van der Waals surface area (Å²) in [5.41, 5.74) is 3.58. The highest BCUT2D eigenvalue weighted by Gasteiger charge is 2.39. The van der Waals surface area contributed by atoms with E-state index in [1.165, 1.54) is 12.8 Å². The Balaban J connectivity index is 0.838. The highest BCUT2D eigenvalue weighted by atomic mass is 16.5. The van der Waals surface area contributed by atoms with E-state index in [-0.39, 0.29) is 17.9 Å². The summed E-state index contributed by atoms with van der Waals surface area (Å²) < 4.78 is 35.7. The van der Waals surface area contributed by atoms with Crippen LogP contribution in [0, 0.1) is 17.2 Å². The minimum Gasteiger partial charge on any atom is -0.493 e. The molecule has 0 aliphatic heterocycles. The minimum atomic E-state index is -0.639. The lowest BCUT2D eigenvalue weighted by atomic mass is 9.67. The van der Waals surface area contributed by atoms with Crippen LogP contribution in [0.25, 0.3) is 0 Å². The molecule has 2 aliphatic carbocycles. The average Bonchev–Trinajstić information content (AvgIpc) is 3.78. The van der Waals surface area contributed by atoms with Crippen LogP contribution in [-0.4, -0.2) is 58.6 Å². The van der Waals surface area contributed by atoms with E-state index < -0.39 is 5.41 Å². The van der Waals surface area contributed by atoms with E-state index in [0.29, 0.717) is 108 Å². The van der Waals surface area contributed by atoms with Crippen molar-refractivity contribution < 1.29 is 33.2 Å². The van der Waals surface area contributed by atoms with Gasteiger partial charge in [0.2, 0.25) is 5.91 Å². The van der Waals surface area contributed by atoms with E-state index in [0.717, 1.165) is 35.1 Å². The van der Waals surface area contributed by atoms with Crippen LogP contribution in [0.2, 0.25) is 0 Å². The van der Waals surface area contributed by atoms with E-state index in [1.807, 2.05) is 91.0 Å². The predicted molar refractivity (Wildman–Crippen MR) is 219 cm³/mol. The maximum Gasteiger partial charge on any atom is 0.223 e. The Morgan fingerprint density at radius 2 is 1.33 bits per heavy atom. The molecule has 57 heavy (non-hydrogen) atoms. The number of carbonyl (C=O) groups excluding carboxylic acids is 1. The van der Waals surface area contributed by atoms with Crippen molar-refractivity contribution in [3.05, 3.63) is 119 Å². The van der Waals surface area contributed by atoms with Crippen molar-refractivity contribution >= 4 is 5.91 Å². The van der Waals surface area contributed by atoms with Gasteiger partial charge >= 0.3 is 0 Å². The lowest BCUT2D eigenvalue weighted by Gasteiger charge is -2.35. The fourth-order valence-electron chi connectivity index (χ4n) is 7.54. The van der Waals surface area contributed by atoms with Gasteiger partial charge in [0.05, 0.1) is 51.1 Å². The van der Waals surface area contributed by atoms with Crippen LogP contribution in [0.5, 0.6) is 23.0 Å². The summed E-state index contributed by atoms with van der Waals surface area (Å²) >= 11 is 0. The first-order valence-corrected chi connectivity index (χ1v) is 20.4. The van der Waals surface area contributed by atoms with Crippen LogP contribution < -0.4 is 29.6 Å². The molecule has 0 aromatic heterocycles. The third kappa shape index (κ3) is 12.5. The fraction of sp³-hybridized carbons (Fsp3) is 0.447. The van der Waals surface area contributed by atoms with Gasteiger partial charge in [-0.1, -0.05) is 72.8 Å². The van der Waals surface area contributed by atoms with E-state index in [1.54, 1.807) is 7.11 Å². The third-order valence-electron chi connectivity index (χ3n) is 10.9. The summed E-state index contributed by atoms with van der Waals surface area (Å²) in [6.45, 7) is 4.59. The van der Waals surface area contributed by atoms with Gasteiger partial charge in [-0.15, -0.1) is 0 Å². The van der Waals surface area contributed by atoms with Gasteiger partial charge in [0.25, 0.3) is 0 Å². The van der Waals surface area contributed by atoms with Crippen molar-refractivity contribution in [3.63, 3.8) is 0 Å². The SMILES string of the molecule is COc1ccc([C@]2(C#N)CC[C@@H](C(=O)NCCOCCOCCNCc3ccc(OCc4ccccc4)c(OCc4ccccc4)c3)CC2)cc1OC1CCCC1.